The number of nitrogens with one attached hydrogen (secondary N) is 2. The van der Waals surface area contributed by atoms with Crippen molar-refractivity contribution in [3.63, 3.8) is 0 Å². The van der Waals surface area contributed by atoms with Gasteiger partial charge in [-0.3, -0.25) is 30.4 Å². The molecule has 4 aromatic rings. The minimum absolute atomic E-state index is 0.191. The fraction of sp³-hybridized carbons (Fsp3) is 0.290. The lowest BCUT2D eigenvalue weighted by atomic mass is 10.1. The molecule has 2 aromatic heterocycles. The zero-order chi connectivity index (χ0) is 31.0. The second-order valence-electron chi connectivity index (χ2n) is 9.09. The van der Waals surface area contributed by atoms with Gasteiger partial charge >= 0.3 is 0 Å². The van der Waals surface area contributed by atoms with Crippen LogP contribution in [0.1, 0.15) is 53.7 Å². The van der Waals surface area contributed by atoms with Gasteiger partial charge in [0.25, 0.3) is 11.8 Å². The number of amides is 2. The molecule has 43 heavy (non-hydrogen) atoms. The van der Waals surface area contributed by atoms with Gasteiger partial charge in [-0.25, -0.2) is 21.7 Å². The monoisotopic (exact) mass is 585 g/mol. The third kappa shape index (κ3) is 9.10. The summed E-state index contributed by atoms with van der Waals surface area (Å²) >= 11 is 0. The number of ether oxygens (including phenoxy) is 1. The van der Waals surface area contributed by atoms with Gasteiger partial charge in [-0.1, -0.05) is 69.7 Å². The molecule has 0 unspecified atom stereocenters. The van der Waals surface area contributed by atoms with Crippen LogP contribution >= 0.6 is 0 Å². The number of rotatable bonds is 7. The molecule has 3 heterocycles. The van der Waals surface area contributed by atoms with Crippen molar-refractivity contribution in [2.45, 2.75) is 33.6 Å². The fourth-order valence-electron chi connectivity index (χ4n) is 4.27. The number of aryl methyl sites for hydroxylation is 1. The molecule has 1 aliphatic rings. The molecule has 1 saturated heterocycles. The smallest absolute Gasteiger partial charge is 0.285 e. The zero-order valence-electron chi connectivity index (χ0n) is 24.8. The molecule has 1 fully saturated rings. The standard InChI is InChI=1S/C15H17N5O2.C14H16N4O.C2H6/c16-19-15(21)13-10-17-9-12(18-13)11-3-1-2-4-14(11)20-5-7-22-8-6-20;1-2-3-10-4-6-11(7-5-10)12-8-16-9-13(17-12)14(19)18-15;1-2/h1-4,9-10H,5-8,16H2,(H,19,21);4-9H,2-3,15H2,1H3,(H,18,19);1-2H3. The molecule has 0 radical (unpaired) electrons. The second-order valence-corrected chi connectivity index (χ2v) is 9.09. The predicted molar refractivity (Wildman–Crippen MR) is 167 cm³/mol. The van der Waals surface area contributed by atoms with E-state index in [1.807, 2.05) is 55.7 Å². The van der Waals surface area contributed by atoms with Gasteiger partial charge in [0.05, 0.1) is 49.4 Å². The first-order chi connectivity index (χ1) is 21.0. The maximum Gasteiger partial charge on any atom is 0.285 e. The van der Waals surface area contributed by atoms with Crippen molar-refractivity contribution in [2.24, 2.45) is 11.7 Å². The number of para-hydroxylation sites is 1. The van der Waals surface area contributed by atoms with Gasteiger partial charge in [-0.05, 0) is 18.1 Å². The topological polar surface area (TPSA) is 174 Å². The van der Waals surface area contributed by atoms with Gasteiger partial charge in [0, 0.05) is 29.9 Å². The van der Waals surface area contributed by atoms with Crippen LogP contribution in [-0.4, -0.2) is 58.1 Å². The first kappa shape index (κ1) is 32.7. The van der Waals surface area contributed by atoms with Crippen molar-refractivity contribution in [1.29, 1.82) is 0 Å². The molecule has 0 bridgehead atoms. The van der Waals surface area contributed by atoms with Crippen LogP contribution < -0.4 is 27.4 Å². The summed E-state index contributed by atoms with van der Waals surface area (Å²) in [7, 11) is 0. The number of nitrogens with zero attached hydrogens (tertiary/aromatic N) is 5. The van der Waals surface area contributed by atoms with Crippen molar-refractivity contribution in [3.05, 3.63) is 90.3 Å². The Morgan fingerprint density at radius 1 is 0.814 bits per heavy atom. The van der Waals surface area contributed by atoms with E-state index in [2.05, 4.69) is 49.3 Å². The van der Waals surface area contributed by atoms with Crippen molar-refractivity contribution in [3.8, 4) is 22.5 Å². The average Bonchev–Trinajstić information content (AvgIpc) is 3.09. The van der Waals surface area contributed by atoms with E-state index in [0.29, 0.717) is 24.6 Å². The summed E-state index contributed by atoms with van der Waals surface area (Å²) in [5, 5.41) is 0. The molecule has 12 heteroatoms. The van der Waals surface area contributed by atoms with Crippen LogP contribution in [0.25, 0.3) is 22.5 Å². The van der Waals surface area contributed by atoms with E-state index in [0.717, 1.165) is 42.7 Å². The molecule has 0 spiro atoms. The quantitative estimate of drug-likeness (QED) is 0.143. The lowest BCUT2D eigenvalue weighted by Crippen LogP contribution is -2.36. The number of nitrogen functional groups attached to an aromatic ring is 2. The Kier molecular flexibility index (Phi) is 13.1. The average molecular weight is 586 g/mol. The largest absolute Gasteiger partial charge is 0.378 e. The van der Waals surface area contributed by atoms with E-state index in [-0.39, 0.29) is 11.4 Å². The Bertz CT molecular complexity index is 1460. The predicted octanol–water partition coefficient (Wildman–Crippen LogP) is 3.31. The number of nitrogens with two attached hydrogens (primary N) is 2. The number of morpholine rings is 1. The number of hydrazine groups is 2. The molecule has 5 rings (SSSR count). The van der Waals surface area contributed by atoms with E-state index >= 15 is 0 Å². The van der Waals surface area contributed by atoms with Gasteiger partial charge in [0.15, 0.2) is 0 Å². The number of aromatic nitrogens is 4. The van der Waals surface area contributed by atoms with E-state index < -0.39 is 11.8 Å². The molecule has 0 aliphatic carbocycles. The molecular weight excluding hydrogens is 546 g/mol. The number of benzene rings is 2. The van der Waals surface area contributed by atoms with Gasteiger partial charge in [-0.2, -0.15) is 0 Å². The Morgan fingerprint density at radius 2 is 1.37 bits per heavy atom. The van der Waals surface area contributed by atoms with Crippen LogP contribution in [0.15, 0.2) is 73.3 Å². The summed E-state index contributed by atoms with van der Waals surface area (Å²) in [6, 6.07) is 16.0. The van der Waals surface area contributed by atoms with Gasteiger partial charge in [-0.15, -0.1) is 0 Å². The summed E-state index contributed by atoms with van der Waals surface area (Å²) in [6.45, 7) is 9.21. The summed E-state index contributed by atoms with van der Waals surface area (Å²) in [5.74, 6) is 9.32. The highest BCUT2D eigenvalue weighted by Crippen LogP contribution is 2.29. The van der Waals surface area contributed by atoms with Crippen molar-refractivity contribution < 1.29 is 14.3 Å². The molecule has 0 saturated carbocycles. The van der Waals surface area contributed by atoms with Crippen LogP contribution in [0.4, 0.5) is 5.69 Å². The number of carbonyl (C=O) groups excluding carboxylic acids is 2. The van der Waals surface area contributed by atoms with Gasteiger partial charge < -0.3 is 9.64 Å². The minimum atomic E-state index is -0.460. The molecule has 12 nitrogen and oxygen atoms in total. The molecule has 1 aliphatic heterocycles. The highest BCUT2D eigenvalue weighted by Gasteiger charge is 2.17. The van der Waals surface area contributed by atoms with Gasteiger partial charge in [0.1, 0.15) is 11.4 Å². The van der Waals surface area contributed by atoms with E-state index in [9.17, 15) is 9.59 Å². The minimum Gasteiger partial charge on any atom is -0.378 e. The zero-order valence-corrected chi connectivity index (χ0v) is 24.8. The highest BCUT2D eigenvalue weighted by molar-refractivity contribution is 5.92. The molecule has 226 valence electrons. The van der Waals surface area contributed by atoms with Gasteiger partial charge in [0.2, 0.25) is 0 Å². The number of hydrogen-bond acceptors (Lipinski definition) is 10. The van der Waals surface area contributed by atoms with E-state index in [1.54, 1.807) is 12.4 Å². The van der Waals surface area contributed by atoms with Crippen molar-refractivity contribution in [1.82, 2.24) is 30.8 Å². The first-order valence-electron chi connectivity index (χ1n) is 14.2. The number of hydrogen-bond donors (Lipinski definition) is 4. The maximum absolute atomic E-state index is 11.6. The third-order valence-corrected chi connectivity index (χ3v) is 6.32. The first-order valence-corrected chi connectivity index (χ1v) is 14.2. The highest BCUT2D eigenvalue weighted by atomic mass is 16.5. The second kappa shape index (κ2) is 17.2. The lowest BCUT2D eigenvalue weighted by Gasteiger charge is -2.30. The molecule has 2 amide bonds. The van der Waals surface area contributed by atoms with E-state index in [4.69, 9.17) is 16.4 Å². The normalized spacial score (nSPS) is 12.2. The fourth-order valence-corrected chi connectivity index (χ4v) is 4.27. The van der Waals surface area contributed by atoms with E-state index in [1.165, 1.54) is 18.0 Å². The summed E-state index contributed by atoms with van der Waals surface area (Å²) in [5.41, 5.74) is 10.0. The Morgan fingerprint density at radius 3 is 1.95 bits per heavy atom. The Labute approximate surface area is 251 Å². The third-order valence-electron chi connectivity index (χ3n) is 6.32. The van der Waals surface area contributed by atoms with Crippen LogP contribution in [0, 0.1) is 0 Å². The van der Waals surface area contributed by atoms with Crippen LogP contribution in [0.5, 0.6) is 0 Å². The summed E-state index contributed by atoms with van der Waals surface area (Å²) in [4.78, 5) is 42.0. The molecule has 6 N–H and O–H groups in total. The SMILES string of the molecule is CC.CCCc1ccc(-c2cncc(C(=O)NN)n2)cc1.NNC(=O)c1cncc(-c2ccccc2N2CCOCC2)n1. The summed E-state index contributed by atoms with van der Waals surface area (Å²) in [6.07, 6.45) is 8.22. The number of anilines is 1. The Hall–Kier alpha value is -4.78. The Balaban J connectivity index is 0.000000225. The summed E-state index contributed by atoms with van der Waals surface area (Å²) < 4.78 is 5.40. The lowest BCUT2D eigenvalue weighted by molar-refractivity contribution is 0.0940. The van der Waals surface area contributed by atoms with Crippen molar-refractivity contribution >= 4 is 17.5 Å². The maximum atomic E-state index is 11.6. The van der Waals surface area contributed by atoms with Crippen LogP contribution in [0.2, 0.25) is 0 Å². The van der Waals surface area contributed by atoms with Crippen molar-refractivity contribution in [2.75, 3.05) is 31.2 Å². The molecule has 0 atom stereocenters. The number of carbonyl (C=O) groups is 2. The van der Waals surface area contributed by atoms with Crippen LogP contribution in [-0.2, 0) is 11.2 Å². The molecule has 2 aromatic carbocycles. The van der Waals surface area contributed by atoms with Crippen LogP contribution in [0.3, 0.4) is 0 Å². The molecular formula is C31H39N9O3.